The topological polar surface area (TPSA) is 87.1 Å². The van der Waals surface area contributed by atoms with Gasteiger partial charge in [0.05, 0.1) is 28.7 Å². The minimum Gasteiger partial charge on any atom is -0.384 e. The molecule has 2 aromatic rings. The summed E-state index contributed by atoms with van der Waals surface area (Å²) in [6, 6.07) is 2.89. The molecule has 3 N–H and O–H groups in total. The number of aryl methyl sites for hydroxylation is 1. The third kappa shape index (κ3) is 5.71. The number of fused-ring (bicyclic) bond motifs is 2. The third-order valence-corrected chi connectivity index (χ3v) is 8.28. The number of carbonyl (C=O) groups excluding carboxylic acids is 1. The standard InChI is InChI=1S/C26H36F3N7O/c1-16-23(15-36(34-16)20-11-18-7-8-19(12-20)35(18)2)33-24-13-22(21(14-32-24)26(27,28)29)30-9-4-10-31-25(37)17-5-3-6-17/h13-15,17-20H,3-12H2,1-2H3,(H,31,37)(H2,30,32,33). The lowest BCUT2D eigenvalue weighted by molar-refractivity contribution is -0.137. The Hall–Kier alpha value is -2.82. The predicted molar refractivity (Wildman–Crippen MR) is 136 cm³/mol. The van der Waals surface area contributed by atoms with Crippen LogP contribution < -0.4 is 16.0 Å². The molecule has 11 heteroatoms. The molecule has 8 nitrogen and oxygen atoms in total. The van der Waals surface area contributed by atoms with Crippen LogP contribution in [0.25, 0.3) is 0 Å². The zero-order valence-electron chi connectivity index (χ0n) is 21.4. The number of nitrogens with zero attached hydrogens (tertiary/aromatic N) is 4. The summed E-state index contributed by atoms with van der Waals surface area (Å²) >= 11 is 0. The van der Waals surface area contributed by atoms with Crippen molar-refractivity contribution in [2.45, 2.75) is 82.6 Å². The van der Waals surface area contributed by atoms with Gasteiger partial charge in [-0.25, -0.2) is 4.98 Å². The Morgan fingerprint density at radius 2 is 1.81 bits per heavy atom. The molecular formula is C26H36F3N7O. The van der Waals surface area contributed by atoms with Crippen LogP contribution in [-0.4, -0.2) is 57.8 Å². The Labute approximate surface area is 215 Å². The Kier molecular flexibility index (Phi) is 7.33. The number of hydrogen-bond acceptors (Lipinski definition) is 6. The molecule has 202 valence electrons. The molecule has 2 saturated heterocycles. The molecule has 1 amide bonds. The number of carbonyl (C=O) groups is 1. The summed E-state index contributed by atoms with van der Waals surface area (Å²) in [6.45, 7) is 2.62. The van der Waals surface area contributed by atoms with Gasteiger partial charge in [0.25, 0.3) is 0 Å². The molecule has 2 aromatic heterocycles. The van der Waals surface area contributed by atoms with E-state index in [1.165, 1.54) is 18.9 Å². The summed E-state index contributed by atoms with van der Waals surface area (Å²) in [5.74, 6) is 0.461. The van der Waals surface area contributed by atoms with Crippen molar-refractivity contribution in [2.24, 2.45) is 5.92 Å². The molecule has 2 bridgehead atoms. The number of hydrogen-bond donors (Lipinski definition) is 3. The molecule has 2 unspecified atom stereocenters. The quantitative estimate of drug-likeness (QED) is 0.410. The molecule has 0 spiro atoms. The van der Waals surface area contributed by atoms with Crippen LogP contribution in [-0.2, 0) is 11.0 Å². The summed E-state index contributed by atoms with van der Waals surface area (Å²) in [5.41, 5.74) is 0.672. The number of amides is 1. The Morgan fingerprint density at radius 1 is 1.08 bits per heavy atom. The molecule has 0 radical (unpaired) electrons. The lowest BCUT2D eigenvalue weighted by atomic mass is 9.85. The predicted octanol–water partition coefficient (Wildman–Crippen LogP) is 4.86. The van der Waals surface area contributed by atoms with Crippen molar-refractivity contribution < 1.29 is 18.0 Å². The van der Waals surface area contributed by atoms with Gasteiger partial charge in [-0.15, -0.1) is 0 Å². The third-order valence-electron chi connectivity index (χ3n) is 8.28. The number of rotatable bonds is 9. The highest BCUT2D eigenvalue weighted by Crippen LogP contribution is 2.40. The zero-order valence-corrected chi connectivity index (χ0v) is 21.4. The Bertz CT molecular complexity index is 1100. The van der Waals surface area contributed by atoms with E-state index >= 15 is 0 Å². The summed E-state index contributed by atoms with van der Waals surface area (Å²) in [4.78, 5) is 18.5. The maximum atomic E-state index is 13.6. The molecule has 4 heterocycles. The van der Waals surface area contributed by atoms with Gasteiger partial charge in [-0.2, -0.15) is 18.3 Å². The summed E-state index contributed by atoms with van der Waals surface area (Å²) < 4.78 is 42.9. The van der Waals surface area contributed by atoms with Gasteiger partial charge in [-0.05, 0) is 58.9 Å². The zero-order chi connectivity index (χ0) is 26.2. The summed E-state index contributed by atoms with van der Waals surface area (Å²) in [6.07, 6.45) is 6.28. The minimum atomic E-state index is -4.53. The summed E-state index contributed by atoms with van der Waals surface area (Å²) in [5, 5.41) is 13.6. The molecule has 5 rings (SSSR count). The summed E-state index contributed by atoms with van der Waals surface area (Å²) in [7, 11) is 2.20. The lowest BCUT2D eigenvalue weighted by Gasteiger charge is -2.36. The van der Waals surface area contributed by atoms with Crippen LogP contribution >= 0.6 is 0 Å². The highest BCUT2D eigenvalue weighted by molar-refractivity contribution is 5.79. The largest absolute Gasteiger partial charge is 0.419 e. The number of nitrogens with one attached hydrogen (secondary N) is 3. The van der Waals surface area contributed by atoms with E-state index < -0.39 is 11.7 Å². The molecule has 1 saturated carbocycles. The van der Waals surface area contributed by atoms with Crippen LogP contribution in [0.15, 0.2) is 18.5 Å². The SMILES string of the molecule is Cc1nn(C2CC3CCC(C2)N3C)cc1Nc1cc(NCCCNC(=O)C2CCC2)c(C(F)(F)F)cn1. The van der Waals surface area contributed by atoms with Gasteiger partial charge in [0, 0.05) is 49.6 Å². The second-order valence-corrected chi connectivity index (χ2v) is 10.7. The molecular weight excluding hydrogens is 483 g/mol. The number of aromatic nitrogens is 3. The van der Waals surface area contributed by atoms with Gasteiger partial charge in [-0.3, -0.25) is 9.48 Å². The van der Waals surface area contributed by atoms with E-state index in [4.69, 9.17) is 5.10 Å². The molecule has 0 aromatic carbocycles. The van der Waals surface area contributed by atoms with Crippen molar-refractivity contribution in [1.29, 1.82) is 0 Å². The van der Waals surface area contributed by atoms with Crippen LogP contribution in [0.1, 0.15) is 68.7 Å². The van der Waals surface area contributed by atoms with Gasteiger partial charge in [0.15, 0.2) is 0 Å². The van der Waals surface area contributed by atoms with E-state index in [1.807, 2.05) is 17.8 Å². The first kappa shape index (κ1) is 25.8. The molecule has 3 fully saturated rings. The number of alkyl halides is 3. The van der Waals surface area contributed by atoms with E-state index in [9.17, 15) is 18.0 Å². The highest BCUT2D eigenvalue weighted by atomic mass is 19.4. The van der Waals surface area contributed by atoms with Crippen molar-refractivity contribution in [3.8, 4) is 0 Å². The number of anilines is 3. The second kappa shape index (κ2) is 10.5. The van der Waals surface area contributed by atoms with E-state index in [0.717, 1.165) is 49.7 Å². The van der Waals surface area contributed by atoms with E-state index in [-0.39, 0.29) is 17.5 Å². The maximum Gasteiger partial charge on any atom is 0.419 e. The molecule has 37 heavy (non-hydrogen) atoms. The first-order valence-electron chi connectivity index (χ1n) is 13.3. The van der Waals surface area contributed by atoms with Crippen LogP contribution in [0.3, 0.4) is 0 Å². The van der Waals surface area contributed by atoms with E-state index in [1.54, 1.807) is 0 Å². The lowest BCUT2D eigenvalue weighted by Crippen LogP contribution is -2.40. The van der Waals surface area contributed by atoms with Crippen LogP contribution in [0.2, 0.25) is 0 Å². The molecule has 1 aliphatic carbocycles. The van der Waals surface area contributed by atoms with Gasteiger partial charge in [0.1, 0.15) is 5.82 Å². The number of pyridine rings is 1. The first-order valence-corrected chi connectivity index (χ1v) is 13.3. The van der Waals surface area contributed by atoms with Crippen molar-refractivity contribution in [3.63, 3.8) is 0 Å². The first-order chi connectivity index (χ1) is 17.7. The number of piperidine rings is 1. The fraction of sp³-hybridized carbons (Fsp3) is 0.654. The minimum absolute atomic E-state index is 0.0349. The van der Waals surface area contributed by atoms with Gasteiger partial charge in [-0.1, -0.05) is 6.42 Å². The van der Waals surface area contributed by atoms with Crippen LogP contribution in [0, 0.1) is 12.8 Å². The van der Waals surface area contributed by atoms with Crippen LogP contribution in [0.4, 0.5) is 30.4 Å². The van der Waals surface area contributed by atoms with E-state index in [2.05, 4.69) is 32.9 Å². The monoisotopic (exact) mass is 519 g/mol. The van der Waals surface area contributed by atoms with Crippen molar-refractivity contribution in [2.75, 3.05) is 30.8 Å². The Morgan fingerprint density at radius 3 is 2.46 bits per heavy atom. The van der Waals surface area contributed by atoms with Crippen molar-refractivity contribution in [1.82, 2.24) is 25.0 Å². The maximum absolute atomic E-state index is 13.6. The molecule has 3 aliphatic rings. The van der Waals surface area contributed by atoms with Gasteiger partial charge in [0.2, 0.25) is 5.91 Å². The van der Waals surface area contributed by atoms with Crippen molar-refractivity contribution in [3.05, 3.63) is 29.7 Å². The number of halogens is 3. The average Bonchev–Trinajstić information content (AvgIpc) is 3.24. The second-order valence-electron chi connectivity index (χ2n) is 10.7. The molecule has 2 atom stereocenters. The van der Waals surface area contributed by atoms with Crippen molar-refractivity contribution >= 4 is 23.1 Å². The van der Waals surface area contributed by atoms with E-state index in [0.29, 0.717) is 43.5 Å². The smallest absolute Gasteiger partial charge is 0.384 e. The molecule has 2 aliphatic heterocycles. The fourth-order valence-corrected chi connectivity index (χ4v) is 5.76. The average molecular weight is 520 g/mol. The highest BCUT2D eigenvalue weighted by Gasteiger charge is 2.39. The fourth-order valence-electron chi connectivity index (χ4n) is 5.76. The normalized spacial score (nSPS) is 24.1. The van der Waals surface area contributed by atoms with Gasteiger partial charge >= 0.3 is 6.18 Å². The Balaban J connectivity index is 1.22. The van der Waals surface area contributed by atoms with Gasteiger partial charge < -0.3 is 20.9 Å². The van der Waals surface area contributed by atoms with Crippen LogP contribution in [0.5, 0.6) is 0 Å².